The molecule has 0 aromatic carbocycles. The zero-order valence-electron chi connectivity index (χ0n) is 14.7. The molecule has 0 saturated carbocycles. The lowest BCUT2D eigenvalue weighted by atomic mass is 9.73. The highest BCUT2D eigenvalue weighted by molar-refractivity contribution is 5.92. The molecule has 7 heteroatoms. The van der Waals surface area contributed by atoms with Gasteiger partial charge in [-0.05, 0) is 19.4 Å². The van der Waals surface area contributed by atoms with Gasteiger partial charge in [-0.1, -0.05) is 0 Å². The quantitative estimate of drug-likeness (QED) is 0.819. The van der Waals surface area contributed by atoms with Crippen molar-refractivity contribution >= 4 is 11.8 Å². The average Bonchev–Trinajstić information content (AvgIpc) is 3.18. The van der Waals surface area contributed by atoms with Crippen LogP contribution >= 0.6 is 0 Å². The molecular formula is C17H26N4O3. The normalized spacial score (nSPS) is 26.5. The van der Waals surface area contributed by atoms with Gasteiger partial charge in [0.25, 0.3) is 5.91 Å². The Labute approximate surface area is 142 Å². The van der Waals surface area contributed by atoms with Gasteiger partial charge < -0.3 is 14.5 Å². The smallest absolute Gasteiger partial charge is 0.274 e. The fraction of sp³-hybridized carbons (Fsp3) is 0.706. The van der Waals surface area contributed by atoms with Gasteiger partial charge in [0.05, 0.1) is 6.61 Å². The van der Waals surface area contributed by atoms with Gasteiger partial charge >= 0.3 is 0 Å². The number of likely N-dealkylation sites (tertiary alicyclic amines) is 2. The van der Waals surface area contributed by atoms with E-state index < -0.39 is 0 Å². The second-order valence-corrected chi connectivity index (χ2v) is 6.95. The number of fused-ring (bicyclic) bond motifs is 1. The summed E-state index contributed by atoms with van der Waals surface area (Å²) < 4.78 is 7.22. The molecule has 0 radical (unpaired) electrons. The summed E-state index contributed by atoms with van der Waals surface area (Å²) in [6.07, 6.45) is 2.69. The molecule has 0 spiro atoms. The summed E-state index contributed by atoms with van der Waals surface area (Å²) in [6.45, 7) is 7.76. The van der Waals surface area contributed by atoms with Crippen molar-refractivity contribution < 1.29 is 14.3 Å². The summed E-state index contributed by atoms with van der Waals surface area (Å²) in [5, 5.41) is 4.32. The predicted octanol–water partition coefficient (Wildman–Crippen LogP) is 0.860. The van der Waals surface area contributed by atoms with E-state index in [1.165, 1.54) is 0 Å². The van der Waals surface area contributed by atoms with Crippen molar-refractivity contribution in [1.29, 1.82) is 0 Å². The Hall–Kier alpha value is -1.89. The van der Waals surface area contributed by atoms with E-state index >= 15 is 0 Å². The number of nitrogens with zero attached hydrogens (tertiary/aromatic N) is 4. The third kappa shape index (κ3) is 2.92. The van der Waals surface area contributed by atoms with Crippen LogP contribution in [-0.2, 0) is 16.1 Å². The van der Waals surface area contributed by atoms with E-state index in [1.807, 2.05) is 22.9 Å². The van der Waals surface area contributed by atoms with E-state index in [0.29, 0.717) is 31.9 Å². The van der Waals surface area contributed by atoms with Crippen LogP contribution < -0.4 is 0 Å². The highest BCUT2D eigenvalue weighted by Gasteiger charge is 2.50. The zero-order valence-corrected chi connectivity index (χ0v) is 14.7. The second kappa shape index (κ2) is 6.55. The number of hydrogen-bond acceptors (Lipinski definition) is 4. The standard InChI is InChI=1S/C17H26N4O3/c1-4-21-7-5-15(18-21)16(23)19-8-6-17(12-24-3)11-20(13(2)22)10-14(17)9-19/h5,7,14H,4,6,8-12H2,1-3H3/t14-,17+/m1/s1. The Balaban J connectivity index is 1.74. The van der Waals surface area contributed by atoms with E-state index in [0.717, 1.165) is 19.5 Å². The Kier molecular flexibility index (Phi) is 4.62. The Bertz CT molecular complexity index is 629. The molecule has 24 heavy (non-hydrogen) atoms. The molecule has 0 unspecified atom stereocenters. The maximum absolute atomic E-state index is 12.7. The minimum Gasteiger partial charge on any atom is -0.384 e. The van der Waals surface area contributed by atoms with Crippen LogP contribution in [0.4, 0.5) is 0 Å². The van der Waals surface area contributed by atoms with E-state index in [9.17, 15) is 9.59 Å². The number of piperidine rings is 1. The third-order valence-electron chi connectivity index (χ3n) is 5.48. The summed E-state index contributed by atoms with van der Waals surface area (Å²) in [7, 11) is 1.71. The summed E-state index contributed by atoms with van der Waals surface area (Å²) in [6, 6.07) is 1.78. The fourth-order valence-electron chi connectivity index (χ4n) is 4.04. The lowest BCUT2D eigenvalue weighted by Gasteiger charge is -2.42. The van der Waals surface area contributed by atoms with Crippen molar-refractivity contribution in [2.75, 3.05) is 39.9 Å². The summed E-state index contributed by atoms with van der Waals surface area (Å²) in [4.78, 5) is 28.3. The van der Waals surface area contributed by atoms with Crippen LogP contribution in [0.25, 0.3) is 0 Å². The molecule has 2 amide bonds. The maximum Gasteiger partial charge on any atom is 0.274 e. The Morgan fingerprint density at radius 1 is 1.38 bits per heavy atom. The van der Waals surface area contributed by atoms with Gasteiger partial charge in [0, 0.05) is 64.3 Å². The molecule has 1 aromatic heterocycles. The summed E-state index contributed by atoms with van der Waals surface area (Å²) in [5.41, 5.74) is 0.470. The highest BCUT2D eigenvalue weighted by atomic mass is 16.5. The van der Waals surface area contributed by atoms with E-state index in [4.69, 9.17) is 4.74 Å². The number of carbonyl (C=O) groups excluding carboxylic acids is 2. The summed E-state index contributed by atoms with van der Waals surface area (Å²) >= 11 is 0. The third-order valence-corrected chi connectivity index (χ3v) is 5.48. The van der Waals surface area contributed by atoms with Crippen molar-refractivity contribution in [1.82, 2.24) is 19.6 Å². The molecule has 0 N–H and O–H groups in total. The highest BCUT2D eigenvalue weighted by Crippen LogP contribution is 2.43. The SMILES string of the molecule is CCn1ccc(C(=O)N2CC[C@@]3(COC)CN(C(C)=O)C[C@H]3C2)n1. The molecule has 0 bridgehead atoms. The first-order valence-corrected chi connectivity index (χ1v) is 8.56. The van der Waals surface area contributed by atoms with Gasteiger partial charge in [0.2, 0.25) is 5.91 Å². The molecule has 0 aliphatic carbocycles. The molecule has 7 nitrogen and oxygen atoms in total. The lowest BCUT2D eigenvalue weighted by molar-refractivity contribution is -0.128. The van der Waals surface area contributed by atoms with Crippen LogP contribution in [0, 0.1) is 11.3 Å². The first-order valence-electron chi connectivity index (χ1n) is 8.56. The molecule has 3 rings (SSSR count). The minimum atomic E-state index is -0.0278. The van der Waals surface area contributed by atoms with Crippen LogP contribution in [0.5, 0.6) is 0 Å². The van der Waals surface area contributed by atoms with E-state index in [2.05, 4.69) is 5.10 Å². The average molecular weight is 334 g/mol. The van der Waals surface area contributed by atoms with Gasteiger partial charge in [-0.15, -0.1) is 0 Å². The number of methoxy groups -OCH3 is 1. The van der Waals surface area contributed by atoms with Crippen LogP contribution in [0.3, 0.4) is 0 Å². The largest absolute Gasteiger partial charge is 0.384 e. The monoisotopic (exact) mass is 334 g/mol. The van der Waals surface area contributed by atoms with Gasteiger partial charge in [-0.2, -0.15) is 5.10 Å². The molecule has 2 fully saturated rings. The van der Waals surface area contributed by atoms with Crippen molar-refractivity contribution in [2.24, 2.45) is 11.3 Å². The molecule has 132 valence electrons. The molecule has 2 saturated heterocycles. The molecule has 2 atom stereocenters. The topological polar surface area (TPSA) is 67.7 Å². The van der Waals surface area contributed by atoms with Crippen LogP contribution in [-0.4, -0.2) is 71.3 Å². The Morgan fingerprint density at radius 2 is 2.12 bits per heavy atom. The van der Waals surface area contributed by atoms with Crippen LogP contribution in [0.2, 0.25) is 0 Å². The molecule has 2 aliphatic rings. The van der Waals surface area contributed by atoms with Gasteiger partial charge in [-0.3, -0.25) is 14.3 Å². The maximum atomic E-state index is 12.7. The van der Waals surface area contributed by atoms with E-state index in [1.54, 1.807) is 24.8 Å². The first-order chi connectivity index (χ1) is 11.5. The number of aryl methyl sites for hydroxylation is 1. The van der Waals surface area contributed by atoms with Crippen LogP contribution in [0.15, 0.2) is 12.3 Å². The second-order valence-electron chi connectivity index (χ2n) is 6.95. The summed E-state index contributed by atoms with van der Waals surface area (Å²) in [5.74, 6) is 0.334. The number of rotatable bonds is 4. The van der Waals surface area contributed by atoms with Crippen molar-refractivity contribution in [3.63, 3.8) is 0 Å². The van der Waals surface area contributed by atoms with E-state index in [-0.39, 0.29) is 23.1 Å². The molecule has 1 aromatic rings. The molecule has 3 heterocycles. The van der Waals surface area contributed by atoms with Crippen LogP contribution in [0.1, 0.15) is 30.8 Å². The number of hydrogen-bond donors (Lipinski definition) is 0. The van der Waals surface area contributed by atoms with Gasteiger partial charge in [0.15, 0.2) is 0 Å². The fourth-order valence-corrected chi connectivity index (χ4v) is 4.04. The lowest BCUT2D eigenvalue weighted by Crippen LogP contribution is -2.51. The number of carbonyl (C=O) groups is 2. The minimum absolute atomic E-state index is 0.0190. The predicted molar refractivity (Wildman–Crippen MR) is 88.5 cm³/mol. The number of aromatic nitrogens is 2. The van der Waals surface area contributed by atoms with Gasteiger partial charge in [-0.25, -0.2) is 0 Å². The van der Waals surface area contributed by atoms with Gasteiger partial charge in [0.1, 0.15) is 5.69 Å². The zero-order chi connectivity index (χ0) is 17.3. The van der Waals surface area contributed by atoms with Crippen molar-refractivity contribution in [2.45, 2.75) is 26.8 Å². The number of ether oxygens (including phenoxy) is 1. The number of amides is 2. The van der Waals surface area contributed by atoms with Crippen molar-refractivity contribution in [3.05, 3.63) is 18.0 Å². The van der Waals surface area contributed by atoms with Crippen molar-refractivity contribution in [3.8, 4) is 0 Å². The first kappa shape index (κ1) is 17.0. The molecular weight excluding hydrogens is 308 g/mol. The Morgan fingerprint density at radius 3 is 2.75 bits per heavy atom. The molecule has 2 aliphatic heterocycles.